The minimum atomic E-state index is -0.373. The van der Waals surface area contributed by atoms with Crippen molar-refractivity contribution in [1.29, 1.82) is 0 Å². The van der Waals surface area contributed by atoms with Crippen molar-refractivity contribution in [3.05, 3.63) is 107 Å². The van der Waals surface area contributed by atoms with Gasteiger partial charge in [0.05, 0.1) is 13.2 Å². The molecule has 0 saturated carbocycles. The van der Waals surface area contributed by atoms with Gasteiger partial charge in [0.1, 0.15) is 11.4 Å². The minimum absolute atomic E-state index is 0.294. The van der Waals surface area contributed by atoms with Crippen molar-refractivity contribution in [3.8, 4) is 0 Å². The summed E-state index contributed by atoms with van der Waals surface area (Å²) in [7, 11) is 0. The van der Waals surface area contributed by atoms with E-state index in [4.69, 9.17) is 9.47 Å². The highest BCUT2D eigenvalue weighted by Crippen LogP contribution is 2.33. The number of rotatable bonds is 8. The lowest BCUT2D eigenvalue weighted by molar-refractivity contribution is 0.0510. The first-order valence-corrected chi connectivity index (χ1v) is 13.2. The number of benzene rings is 3. The molecule has 3 N–H and O–H groups in total. The maximum absolute atomic E-state index is 13.0. The van der Waals surface area contributed by atoms with E-state index in [0.717, 1.165) is 55.1 Å². The zero-order valence-electron chi connectivity index (χ0n) is 21.9. The summed E-state index contributed by atoms with van der Waals surface area (Å²) in [5, 5.41) is 3.03. The van der Waals surface area contributed by atoms with Gasteiger partial charge in [-0.2, -0.15) is 0 Å². The van der Waals surface area contributed by atoms with Gasteiger partial charge in [-0.05, 0) is 48.7 Å². The Morgan fingerprint density at radius 2 is 0.974 bits per heavy atom. The van der Waals surface area contributed by atoms with Gasteiger partial charge in [-0.3, -0.25) is 0 Å². The van der Waals surface area contributed by atoms with Gasteiger partial charge in [-0.1, -0.05) is 54.6 Å². The number of para-hydroxylation sites is 3. The molecule has 0 aliphatic rings. The van der Waals surface area contributed by atoms with Crippen molar-refractivity contribution >= 4 is 44.6 Å². The van der Waals surface area contributed by atoms with Crippen LogP contribution in [-0.2, 0) is 22.3 Å². The lowest BCUT2D eigenvalue weighted by Gasteiger charge is -2.09. The standard InChI is InChI=1S/C32H29N3O4/c1-3-38-31(36)29-23(20-12-6-9-15-26(20)34-29)17-22-19-11-5-8-14-25(19)33-28(22)18-24-21-13-7-10-16-27(21)35-30(24)32(37)39-4-2/h5-16,33-35H,3-4,17-18H2,1-2H3. The highest BCUT2D eigenvalue weighted by molar-refractivity contribution is 6.00. The number of ether oxygens (including phenoxy) is 2. The van der Waals surface area contributed by atoms with E-state index in [9.17, 15) is 9.59 Å². The monoisotopic (exact) mass is 519 g/mol. The lowest BCUT2D eigenvalue weighted by atomic mass is 9.96. The number of carbonyl (C=O) groups is 2. The second-order valence-corrected chi connectivity index (χ2v) is 9.47. The van der Waals surface area contributed by atoms with Crippen LogP contribution in [-0.4, -0.2) is 40.1 Å². The number of nitrogens with one attached hydrogen (secondary N) is 3. The van der Waals surface area contributed by atoms with Crippen LogP contribution in [0.1, 0.15) is 57.2 Å². The number of aromatic nitrogens is 3. The van der Waals surface area contributed by atoms with Crippen LogP contribution >= 0.6 is 0 Å². The number of H-pyrrole nitrogens is 3. The van der Waals surface area contributed by atoms with Crippen LogP contribution in [0, 0.1) is 0 Å². The zero-order valence-corrected chi connectivity index (χ0v) is 21.9. The number of aromatic amines is 3. The Hall–Kier alpha value is -4.78. The van der Waals surface area contributed by atoms with Gasteiger partial charge in [0.15, 0.2) is 0 Å². The molecule has 0 radical (unpaired) electrons. The van der Waals surface area contributed by atoms with E-state index in [0.29, 0.717) is 37.4 Å². The number of fused-ring (bicyclic) bond motifs is 3. The van der Waals surface area contributed by atoms with E-state index in [1.165, 1.54) is 0 Å². The molecule has 0 amide bonds. The van der Waals surface area contributed by atoms with Crippen LogP contribution in [0.15, 0.2) is 72.8 Å². The molecular formula is C32H29N3O4. The van der Waals surface area contributed by atoms with E-state index < -0.39 is 0 Å². The fourth-order valence-electron chi connectivity index (χ4n) is 5.48. The van der Waals surface area contributed by atoms with Gasteiger partial charge in [0, 0.05) is 51.2 Å². The third-order valence-corrected chi connectivity index (χ3v) is 7.20. The summed E-state index contributed by atoms with van der Waals surface area (Å²) in [6.45, 7) is 4.20. The first-order valence-electron chi connectivity index (χ1n) is 13.2. The molecule has 7 heteroatoms. The number of hydrogen-bond donors (Lipinski definition) is 3. The van der Waals surface area contributed by atoms with Gasteiger partial charge >= 0.3 is 11.9 Å². The van der Waals surface area contributed by atoms with Crippen LogP contribution in [0.25, 0.3) is 32.7 Å². The molecule has 0 fully saturated rings. The fourth-order valence-corrected chi connectivity index (χ4v) is 5.48. The summed E-state index contributed by atoms with van der Waals surface area (Å²) in [5.74, 6) is -0.742. The Kier molecular flexibility index (Phi) is 6.40. The summed E-state index contributed by atoms with van der Waals surface area (Å²) in [5.41, 5.74) is 7.51. The highest BCUT2D eigenvalue weighted by Gasteiger charge is 2.24. The molecule has 0 atom stereocenters. The van der Waals surface area contributed by atoms with Crippen LogP contribution in [0.5, 0.6) is 0 Å². The van der Waals surface area contributed by atoms with Gasteiger partial charge in [0.2, 0.25) is 0 Å². The SMILES string of the molecule is CCOC(=O)c1[nH]c2ccccc2c1Cc1[nH]c2ccccc2c1Cc1c(C(=O)OCC)[nH]c2ccccc12. The molecule has 0 aliphatic heterocycles. The third kappa shape index (κ3) is 4.36. The van der Waals surface area contributed by atoms with Gasteiger partial charge in [-0.25, -0.2) is 9.59 Å². The smallest absolute Gasteiger partial charge is 0.355 e. The van der Waals surface area contributed by atoms with Gasteiger partial charge in [-0.15, -0.1) is 0 Å². The van der Waals surface area contributed by atoms with E-state index in [2.05, 4.69) is 21.0 Å². The summed E-state index contributed by atoms with van der Waals surface area (Å²) < 4.78 is 10.8. The Bertz CT molecular complexity index is 1840. The summed E-state index contributed by atoms with van der Waals surface area (Å²) in [6, 6.07) is 24.0. The summed E-state index contributed by atoms with van der Waals surface area (Å²) in [6.07, 6.45) is 0.994. The third-order valence-electron chi connectivity index (χ3n) is 7.20. The maximum atomic E-state index is 13.0. The van der Waals surface area contributed by atoms with Crippen molar-refractivity contribution in [3.63, 3.8) is 0 Å². The molecule has 6 rings (SSSR count). The summed E-state index contributed by atoms with van der Waals surface area (Å²) >= 11 is 0. The molecule has 39 heavy (non-hydrogen) atoms. The van der Waals surface area contributed by atoms with Crippen LogP contribution < -0.4 is 0 Å². The molecule has 7 nitrogen and oxygen atoms in total. The topological polar surface area (TPSA) is 100.0 Å². The molecular weight excluding hydrogens is 490 g/mol. The fraction of sp³-hybridized carbons (Fsp3) is 0.188. The molecule has 3 heterocycles. The Morgan fingerprint density at radius 1 is 0.564 bits per heavy atom. The van der Waals surface area contributed by atoms with Crippen LogP contribution in [0.3, 0.4) is 0 Å². The second-order valence-electron chi connectivity index (χ2n) is 9.47. The Labute approximate surface area is 225 Å². The van der Waals surface area contributed by atoms with Crippen LogP contribution in [0.2, 0.25) is 0 Å². The molecule has 0 bridgehead atoms. The van der Waals surface area contributed by atoms with Crippen molar-refractivity contribution in [1.82, 2.24) is 15.0 Å². The average molecular weight is 520 g/mol. The largest absolute Gasteiger partial charge is 0.461 e. The molecule has 0 spiro atoms. The van der Waals surface area contributed by atoms with Crippen molar-refractivity contribution in [2.75, 3.05) is 13.2 Å². The van der Waals surface area contributed by atoms with E-state index >= 15 is 0 Å². The molecule has 3 aromatic carbocycles. The first kappa shape index (κ1) is 24.6. The van der Waals surface area contributed by atoms with Crippen molar-refractivity contribution in [2.24, 2.45) is 0 Å². The molecule has 0 unspecified atom stereocenters. The van der Waals surface area contributed by atoms with Crippen molar-refractivity contribution in [2.45, 2.75) is 26.7 Å². The summed E-state index contributed by atoms with van der Waals surface area (Å²) in [4.78, 5) is 36.1. The first-order chi connectivity index (χ1) is 19.1. The quantitative estimate of drug-likeness (QED) is 0.196. The number of carbonyl (C=O) groups excluding carboxylic acids is 2. The normalized spacial score (nSPS) is 11.4. The average Bonchev–Trinajstić information content (AvgIpc) is 3.62. The molecule has 0 aliphatic carbocycles. The number of esters is 2. The molecule has 3 aromatic heterocycles. The van der Waals surface area contributed by atoms with Gasteiger partial charge < -0.3 is 24.4 Å². The van der Waals surface area contributed by atoms with E-state index in [1.807, 2.05) is 66.7 Å². The highest BCUT2D eigenvalue weighted by atomic mass is 16.5. The predicted molar refractivity (Wildman–Crippen MR) is 152 cm³/mol. The number of hydrogen-bond acceptors (Lipinski definition) is 4. The second kappa shape index (κ2) is 10.2. The molecule has 196 valence electrons. The Morgan fingerprint density at radius 3 is 1.46 bits per heavy atom. The van der Waals surface area contributed by atoms with E-state index in [1.54, 1.807) is 13.8 Å². The maximum Gasteiger partial charge on any atom is 0.355 e. The zero-order chi connectivity index (χ0) is 26.9. The lowest BCUT2D eigenvalue weighted by Crippen LogP contribution is -2.10. The van der Waals surface area contributed by atoms with Crippen LogP contribution in [0.4, 0.5) is 0 Å². The minimum Gasteiger partial charge on any atom is -0.461 e. The molecule has 0 saturated heterocycles. The van der Waals surface area contributed by atoms with Crippen molar-refractivity contribution < 1.29 is 19.1 Å². The Balaban J connectivity index is 1.52. The van der Waals surface area contributed by atoms with E-state index in [-0.39, 0.29) is 11.9 Å². The van der Waals surface area contributed by atoms with Gasteiger partial charge in [0.25, 0.3) is 0 Å². The molecule has 6 aromatic rings. The predicted octanol–water partition coefficient (Wildman–Crippen LogP) is 6.67.